The number of hydrogen-bond acceptors (Lipinski definition) is 6. The molecule has 0 aliphatic heterocycles. The van der Waals surface area contributed by atoms with E-state index in [0.29, 0.717) is 28.0 Å². The molecule has 4 N–H and O–H groups in total. The van der Waals surface area contributed by atoms with E-state index < -0.39 is 17.8 Å². The van der Waals surface area contributed by atoms with E-state index in [1.165, 1.54) is 6.92 Å². The fourth-order valence-electron chi connectivity index (χ4n) is 2.10. The van der Waals surface area contributed by atoms with E-state index in [-0.39, 0.29) is 5.84 Å². The lowest BCUT2D eigenvalue weighted by atomic mass is 10.1. The third-order valence-electron chi connectivity index (χ3n) is 3.55. The van der Waals surface area contributed by atoms with E-state index in [9.17, 15) is 14.4 Å². The van der Waals surface area contributed by atoms with Crippen LogP contribution in [0.5, 0.6) is 5.75 Å². The van der Waals surface area contributed by atoms with Gasteiger partial charge in [0.15, 0.2) is 0 Å². The van der Waals surface area contributed by atoms with Crippen molar-refractivity contribution >= 4 is 29.8 Å². The van der Waals surface area contributed by atoms with E-state index in [4.69, 9.17) is 15.9 Å². The number of hydrogen-bond donors (Lipinski definition) is 3. The predicted octanol–water partition coefficient (Wildman–Crippen LogP) is 2.19. The second kappa shape index (κ2) is 9.13. The number of esters is 1. The molecule has 0 bridgehead atoms. The summed E-state index contributed by atoms with van der Waals surface area (Å²) in [6.45, 7) is 2.74. The van der Waals surface area contributed by atoms with Gasteiger partial charge in [-0.05, 0) is 55.0 Å². The van der Waals surface area contributed by atoms with Gasteiger partial charge < -0.3 is 15.3 Å². The highest BCUT2D eigenvalue weighted by atomic mass is 16.7. The van der Waals surface area contributed by atoms with Crippen molar-refractivity contribution in [3.05, 3.63) is 70.8 Å². The Labute approximate surface area is 161 Å². The minimum atomic E-state index is -0.625. The molecule has 0 saturated heterocycles. The summed E-state index contributed by atoms with van der Waals surface area (Å²) >= 11 is 0. The van der Waals surface area contributed by atoms with E-state index >= 15 is 0 Å². The van der Waals surface area contributed by atoms with E-state index in [1.807, 2.05) is 5.48 Å². The summed E-state index contributed by atoms with van der Waals surface area (Å²) in [7, 11) is 0. The van der Waals surface area contributed by atoms with Crippen molar-refractivity contribution in [2.75, 3.05) is 0 Å². The van der Waals surface area contributed by atoms with Crippen LogP contribution in [-0.4, -0.2) is 23.7 Å². The number of nitrogen functional groups attached to an aromatic ring is 1. The molecule has 0 saturated carbocycles. The molecule has 0 radical (unpaired) electrons. The normalized spacial score (nSPS) is 10.7. The summed E-state index contributed by atoms with van der Waals surface area (Å²) in [6, 6.07) is 12.7. The van der Waals surface area contributed by atoms with Crippen LogP contribution in [0.2, 0.25) is 0 Å². The van der Waals surface area contributed by atoms with Gasteiger partial charge in [-0.1, -0.05) is 12.1 Å². The first-order chi connectivity index (χ1) is 13.3. The Morgan fingerprint density at radius 2 is 1.54 bits per heavy atom. The van der Waals surface area contributed by atoms with Crippen LogP contribution in [0, 0.1) is 5.41 Å². The molecular weight excluding hydrogens is 362 g/mol. The molecule has 0 fully saturated rings. The van der Waals surface area contributed by atoms with Crippen LogP contribution in [0.15, 0.2) is 54.1 Å². The highest BCUT2D eigenvalue weighted by molar-refractivity contribution is 5.97. The van der Waals surface area contributed by atoms with Crippen molar-refractivity contribution in [2.45, 2.75) is 13.8 Å². The molecule has 144 valence electrons. The monoisotopic (exact) mass is 381 g/mol. The third-order valence-corrected chi connectivity index (χ3v) is 3.55. The third kappa shape index (κ3) is 5.80. The van der Waals surface area contributed by atoms with Crippen LogP contribution in [0.4, 0.5) is 0 Å². The molecule has 2 rings (SSSR count). The van der Waals surface area contributed by atoms with Crippen LogP contribution in [0.3, 0.4) is 0 Å². The topological polar surface area (TPSA) is 132 Å². The number of ether oxygens (including phenoxy) is 1. The Hall–Kier alpha value is -3.94. The molecule has 0 unspecified atom stereocenters. The van der Waals surface area contributed by atoms with Gasteiger partial charge in [0, 0.05) is 18.1 Å². The van der Waals surface area contributed by atoms with Gasteiger partial charge >= 0.3 is 11.9 Å². The van der Waals surface area contributed by atoms with Crippen molar-refractivity contribution in [3.8, 4) is 5.75 Å². The number of amides is 1. The predicted molar refractivity (Wildman–Crippen MR) is 102 cm³/mol. The van der Waals surface area contributed by atoms with Crippen LogP contribution in [-0.2, 0) is 14.4 Å². The largest absolute Gasteiger partial charge is 0.423 e. The highest BCUT2D eigenvalue weighted by Gasteiger charge is 2.10. The number of hydroxylamine groups is 1. The quantitative estimate of drug-likeness (QED) is 0.182. The Morgan fingerprint density at radius 3 is 2.07 bits per heavy atom. The standard InChI is InChI=1S/C20H19N3O5/c1-12(19(25)23-28-13(2)24)11-14-3-5-16(6-4-14)20(26)27-17-9-7-15(8-10-17)18(21)22/h3-11H,1-2H3,(H3,21,22)(H,23,25)/b12-11+. The maximum absolute atomic E-state index is 12.2. The van der Waals surface area contributed by atoms with Crippen LogP contribution >= 0.6 is 0 Å². The lowest BCUT2D eigenvalue weighted by Gasteiger charge is -2.06. The summed E-state index contributed by atoms with van der Waals surface area (Å²) in [5.41, 5.74) is 9.26. The summed E-state index contributed by atoms with van der Waals surface area (Å²) in [5.74, 6) is -1.46. The molecule has 0 atom stereocenters. The van der Waals surface area contributed by atoms with Crippen molar-refractivity contribution in [1.82, 2.24) is 5.48 Å². The highest BCUT2D eigenvalue weighted by Crippen LogP contribution is 2.15. The smallest absolute Gasteiger partial charge is 0.343 e. The Morgan fingerprint density at radius 1 is 0.964 bits per heavy atom. The Kier molecular flexibility index (Phi) is 6.64. The van der Waals surface area contributed by atoms with E-state index in [0.717, 1.165) is 0 Å². The minimum absolute atomic E-state index is 0.0710. The molecular formula is C20H19N3O5. The van der Waals surface area contributed by atoms with Crippen LogP contribution in [0.25, 0.3) is 6.08 Å². The fraction of sp³-hybridized carbons (Fsp3) is 0.100. The Bertz CT molecular complexity index is 931. The zero-order valence-corrected chi connectivity index (χ0v) is 15.3. The zero-order valence-electron chi connectivity index (χ0n) is 15.3. The van der Waals surface area contributed by atoms with Gasteiger partial charge in [-0.2, -0.15) is 5.48 Å². The number of rotatable bonds is 5. The first-order valence-corrected chi connectivity index (χ1v) is 8.19. The summed E-state index contributed by atoms with van der Waals surface area (Å²) in [4.78, 5) is 39.1. The number of amidine groups is 1. The first kappa shape index (κ1) is 20.4. The minimum Gasteiger partial charge on any atom is -0.423 e. The van der Waals surface area contributed by atoms with Crippen LogP contribution in [0.1, 0.15) is 35.3 Å². The summed E-state index contributed by atoms with van der Waals surface area (Å²) in [5, 5.41) is 7.34. The van der Waals surface area contributed by atoms with E-state index in [2.05, 4.69) is 4.84 Å². The van der Waals surface area contributed by atoms with Crippen LogP contribution < -0.4 is 16.0 Å². The second-order valence-electron chi connectivity index (χ2n) is 5.80. The molecule has 2 aromatic carbocycles. The van der Waals surface area contributed by atoms with Crippen molar-refractivity contribution in [2.24, 2.45) is 5.73 Å². The van der Waals surface area contributed by atoms with Gasteiger partial charge in [0.25, 0.3) is 5.91 Å². The molecule has 0 spiro atoms. The number of benzene rings is 2. The molecule has 1 amide bonds. The zero-order chi connectivity index (χ0) is 20.7. The van der Waals surface area contributed by atoms with Gasteiger partial charge in [-0.25, -0.2) is 4.79 Å². The molecule has 8 heteroatoms. The van der Waals surface area contributed by atoms with Crippen molar-refractivity contribution in [3.63, 3.8) is 0 Å². The molecule has 8 nitrogen and oxygen atoms in total. The molecule has 0 aromatic heterocycles. The fourth-order valence-corrected chi connectivity index (χ4v) is 2.10. The first-order valence-electron chi connectivity index (χ1n) is 8.19. The van der Waals surface area contributed by atoms with Gasteiger partial charge in [0.1, 0.15) is 11.6 Å². The SMILES string of the molecule is CC(=O)ONC(=O)/C(C)=C/c1ccc(C(=O)Oc2ccc(C(=N)N)cc2)cc1. The number of carbonyl (C=O) groups excluding carboxylic acids is 3. The molecule has 0 heterocycles. The molecule has 0 aliphatic carbocycles. The summed E-state index contributed by atoms with van der Waals surface area (Å²) < 4.78 is 5.27. The van der Waals surface area contributed by atoms with Gasteiger partial charge in [-0.15, -0.1) is 0 Å². The van der Waals surface area contributed by atoms with E-state index in [1.54, 1.807) is 61.5 Å². The van der Waals surface area contributed by atoms with Gasteiger partial charge in [-0.3, -0.25) is 15.0 Å². The summed E-state index contributed by atoms with van der Waals surface area (Å²) in [6.07, 6.45) is 1.58. The average molecular weight is 381 g/mol. The van der Waals surface area contributed by atoms with Crippen molar-refractivity contribution < 1.29 is 24.0 Å². The van der Waals surface area contributed by atoms with Gasteiger partial charge in [0.2, 0.25) is 0 Å². The maximum atomic E-state index is 12.2. The maximum Gasteiger partial charge on any atom is 0.343 e. The average Bonchev–Trinajstić information content (AvgIpc) is 2.66. The number of nitrogens with one attached hydrogen (secondary N) is 2. The molecule has 2 aromatic rings. The Balaban J connectivity index is 2.01. The second-order valence-corrected chi connectivity index (χ2v) is 5.80. The van der Waals surface area contributed by atoms with Crippen molar-refractivity contribution in [1.29, 1.82) is 5.41 Å². The number of carbonyl (C=O) groups is 3. The lowest BCUT2D eigenvalue weighted by molar-refractivity contribution is -0.154. The van der Waals surface area contributed by atoms with Gasteiger partial charge in [0.05, 0.1) is 5.56 Å². The lowest BCUT2D eigenvalue weighted by Crippen LogP contribution is -2.26. The molecule has 0 aliphatic rings. The number of nitrogens with two attached hydrogens (primary N) is 1. The molecule has 28 heavy (non-hydrogen) atoms.